The van der Waals surface area contributed by atoms with Gasteiger partial charge < -0.3 is 44.8 Å². The minimum absolute atomic E-state index is 0.0524. The van der Waals surface area contributed by atoms with Crippen molar-refractivity contribution in [3.05, 3.63) is 0 Å². The van der Waals surface area contributed by atoms with Gasteiger partial charge in [-0.2, -0.15) is 0 Å². The predicted molar refractivity (Wildman–Crippen MR) is 165 cm³/mol. The van der Waals surface area contributed by atoms with Gasteiger partial charge in [-0.05, 0) is 104 Å². The highest BCUT2D eigenvalue weighted by Crippen LogP contribution is 2.69. The lowest BCUT2D eigenvalue weighted by Gasteiger charge is -2.64. The molecule has 0 bridgehead atoms. The topological polar surface area (TPSA) is 166 Å². The summed E-state index contributed by atoms with van der Waals surface area (Å²) in [5.41, 5.74) is -0.360. The highest BCUT2D eigenvalue weighted by molar-refractivity contribution is 5.65. The summed E-state index contributed by atoms with van der Waals surface area (Å²) in [6.07, 6.45) is 0.909. The normalized spacial score (nSPS) is 49.4. The second kappa shape index (κ2) is 13.9. The maximum absolute atomic E-state index is 12.1. The van der Waals surface area contributed by atoms with Crippen LogP contribution in [-0.4, -0.2) is 98.8 Å². The molecule has 0 aromatic heterocycles. The smallest absolute Gasteiger partial charge is 0.302 e. The molecule has 10 heteroatoms. The Morgan fingerprint density at radius 2 is 1.67 bits per heavy atom. The van der Waals surface area contributed by atoms with E-state index in [0.29, 0.717) is 43.6 Å². The van der Waals surface area contributed by atoms with Crippen molar-refractivity contribution >= 4 is 5.97 Å². The van der Waals surface area contributed by atoms with E-state index in [1.165, 1.54) is 6.92 Å². The van der Waals surface area contributed by atoms with Crippen LogP contribution in [0.5, 0.6) is 0 Å². The van der Waals surface area contributed by atoms with Crippen molar-refractivity contribution in [2.45, 2.75) is 148 Å². The molecule has 0 aromatic rings. The monoisotopic (exact) mass is 640 g/mol. The molecule has 5 fully saturated rings. The summed E-state index contributed by atoms with van der Waals surface area (Å²) in [5, 5.41) is 64.3. The maximum atomic E-state index is 12.1. The average molecular weight is 641 g/mol. The Morgan fingerprint density at radius 1 is 0.933 bits per heavy atom. The van der Waals surface area contributed by atoms with Crippen LogP contribution in [0.15, 0.2) is 0 Å². The van der Waals surface area contributed by atoms with Crippen molar-refractivity contribution in [2.75, 3.05) is 13.2 Å². The van der Waals surface area contributed by atoms with Crippen LogP contribution in [-0.2, 0) is 19.0 Å². The van der Waals surface area contributed by atoms with Crippen molar-refractivity contribution in [3.63, 3.8) is 0 Å². The first kappa shape index (κ1) is 35.5. The van der Waals surface area contributed by atoms with Gasteiger partial charge in [0, 0.05) is 6.92 Å². The predicted octanol–water partition coefficient (Wildman–Crippen LogP) is 2.78. The fraction of sp³-hybridized carbons (Fsp3) is 0.971. The van der Waals surface area contributed by atoms with Gasteiger partial charge in [-0.25, -0.2) is 0 Å². The Balaban J connectivity index is 1.37. The molecule has 10 nitrogen and oxygen atoms in total. The first-order valence-electron chi connectivity index (χ1n) is 17.7. The van der Waals surface area contributed by atoms with Crippen LogP contribution in [0, 0.1) is 52.3 Å². The molecule has 1 heterocycles. The molecule has 4 aliphatic carbocycles. The van der Waals surface area contributed by atoms with Crippen LogP contribution in [0.3, 0.4) is 0 Å². The third kappa shape index (κ3) is 6.61. The number of aliphatic hydroxyl groups is 6. The van der Waals surface area contributed by atoms with Crippen LogP contribution in [0.25, 0.3) is 0 Å². The second-order valence-electron chi connectivity index (χ2n) is 16.1. The highest BCUT2D eigenvalue weighted by atomic mass is 16.7. The van der Waals surface area contributed by atoms with E-state index in [2.05, 4.69) is 27.7 Å². The number of carbonyl (C=O) groups is 1. The average Bonchev–Trinajstić information content (AvgIpc) is 3.36. The molecule has 1 saturated heterocycles. The molecular formula is C35H60O10. The summed E-state index contributed by atoms with van der Waals surface area (Å²) in [6.45, 7) is 10.4. The van der Waals surface area contributed by atoms with Crippen LogP contribution in [0.2, 0.25) is 0 Å². The van der Waals surface area contributed by atoms with Crippen LogP contribution in [0.4, 0.5) is 0 Å². The SMILES string of the molecule is CC(=O)OC[C@H](C)CCC[C@@H](C)[C@@H]1CCC2C3C(O[C@@H]4O[C@H](CO)[C@H](O)[C@@H](O)[C@H]4O)CC4CC(O)CC[C@]4(C)C3C[C@@H](O)[C@@]21C. The molecule has 45 heavy (non-hydrogen) atoms. The van der Waals surface area contributed by atoms with Gasteiger partial charge in [-0.1, -0.05) is 40.5 Å². The third-order valence-corrected chi connectivity index (χ3v) is 13.6. The number of carbonyl (C=O) groups excluding carboxylic acids is 1. The van der Waals surface area contributed by atoms with E-state index in [-0.39, 0.29) is 52.7 Å². The molecule has 260 valence electrons. The zero-order chi connectivity index (χ0) is 32.8. The standard InChI is InChI=1S/C35H60O10/c1-18(17-43-20(3)37)7-6-8-19(2)23-9-10-24-29-25(15-28(39)35(23,24)5)34(4)12-11-22(38)13-21(34)14-26(29)44-33-32(42)31(41)30(40)27(16-36)45-33/h18-19,21-33,36,38-42H,6-17H2,1-5H3/t18-,19-,21?,22?,23+,24?,25?,26?,27-,28-,29?,30+,31-,32-,33-,34+,35-/m1/s1. The number of hydrogen-bond donors (Lipinski definition) is 6. The summed E-state index contributed by atoms with van der Waals surface area (Å²) < 4.78 is 17.7. The van der Waals surface area contributed by atoms with Crippen molar-refractivity contribution in [3.8, 4) is 0 Å². The zero-order valence-corrected chi connectivity index (χ0v) is 28.0. The zero-order valence-electron chi connectivity index (χ0n) is 28.0. The lowest BCUT2D eigenvalue weighted by atomic mass is 9.43. The number of hydrogen-bond acceptors (Lipinski definition) is 10. The minimum atomic E-state index is -1.51. The van der Waals surface area contributed by atoms with Gasteiger partial charge in [0.2, 0.25) is 0 Å². The number of rotatable bonds is 10. The molecule has 0 amide bonds. The largest absolute Gasteiger partial charge is 0.466 e. The summed E-state index contributed by atoms with van der Waals surface area (Å²) in [6, 6.07) is 0. The van der Waals surface area contributed by atoms with Crippen molar-refractivity contribution in [1.29, 1.82) is 0 Å². The molecule has 4 saturated carbocycles. The van der Waals surface area contributed by atoms with Gasteiger partial charge in [-0.15, -0.1) is 0 Å². The Kier molecular flexibility index (Phi) is 11.0. The number of fused-ring (bicyclic) bond motifs is 5. The molecular weight excluding hydrogens is 580 g/mol. The summed E-state index contributed by atoms with van der Waals surface area (Å²) in [4.78, 5) is 11.2. The van der Waals surface area contributed by atoms with Gasteiger partial charge in [0.05, 0.1) is 31.5 Å². The fourth-order valence-corrected chi connectivity index (χ4v) is 10.9. The molecule has 0 aromatic carbocycles. The molecule has 0 radical (unpaired) electrons. The van der Waals surface area contributed by atoms with Crippen LogP contribution in [0.1, 0.15) is 98.8 Å². The van der Waals surface area contributed by atoms with Crippen LogP contribution >= 0.6 is 0 Å². The molecule has 6 N–H and O–H groups in total. The fourth-order valence-electron chi connectivity index (χ4n) is 10.9. The van der Waals surface area contributed by atoms with E-state index in [1.807, 2.05) is 0 Å². The van der Waals surface area contributed by atoms with Crippen molar-refractivity contribution in [1.82, 2.24) is 0 Å². The Morgan fingerprint density at radius 3 is 2.36 bits per heavy atom. The Labute approximate surface area is 268 Å². The van der Waals surface area contributed by atoms with Gasteiger partial charge in [-0.3, -0.25) is 4.79 Å². The Bertz CT molecular complexity index is 1010. The van der Waals surface area contributed by atoms with E-state index in [4.69, 9.17) is 14.2 Å². The van der Waals surface area contributed by atoms with Gasteiger partial charge in [0.25, 0.3) is 0 Å². The van der Waals surface area contributed by atoms with Gasteiger partial charge >= 0.3 is 5.97 Å². The maximum Gasteiger partial charge on any atom is 0.302 e. The van der Waals surface area contributed by atoms with E-state index < -0.39 is 43.4 Å². The number of esters is 1. The molecule has 5 aliphatic rings. The number of ether oxygens (including phenoxy) is 3. The summed E-state index contributed by atoms with van der Waals surface area (Å²) in [7, 11) is 0. The van der Waals surface area contributed by atoms with Gasteiger partial charge in [0.1, 0.15) is 24.4 Å². The van der Waals surface area contributed by atoms with Gasteiger partial charge in [0.15, 0.2) is 6.29 Å². The molecule has 0 spiro atoms. The highest BCUT2D eigenvalue weighted by Gasteiger charge is 2.66. The van der Waals surface area contributed by atoms with E-state index in [1.54, 1.807) is 0 Å². The second-order valence-corrected chi connectivity index (χ2v) is 16.1. The Hall–Kier alpha value is -0.850. The van der Waals surface area contributed by atoms with E-state index in [0.717, 1.165) is 44.9 Å². The molecule has 6 unspecified atom stereocenters. The van der Waals surface area contributed by atoms with E-state index in [9.17, 15) is 35.4 Å². The molecule has 5 rings (SSSR count). The lowest BCUT2D eigenvalue weighted by Crippen LogP contribution is -2.65. The van der Waals surface area contributed by atoms with Crippen molar-refractivity contribution < 1.29 is 49.6 Å². The van der Waals surface area contributed by atoms with E-state index >= 15 is 0 Å². The first-order chi connectivity index (χ1) is 21.2. The summed E-state index contributed by atoms with van der Waals surface area (Å²) >= 11 is 0. The molecule has 17 atom stereocenters. The van der Waals surface area contributed by atoms with Crippen LogP contribution < -0.4 is 0 Å². The third-order valence-electron chi connectivity index (χ3n) is 13.6. The van der Waals surface area contributed by atoms with Crippen molar-refractivity contribution in [2.24, 2.45) is 52.3 Å². The lowest BCUT2D eigenvalue weighted by molar-refractivity contribution is -0.330. The number of aliphatic hydroxyl groups excluding tert-OH is 6. The quantitative estimate of drug-likeness (QED) is 0.154. The first-order valence-corrected chi connectivity index (χ1v) is 17.7. The molecule has 1 aliphatic heterocycles. The summed E-state index contributed by atoms with van der Waals surface area (Å²) in [5.74, 6) is 1.46. The minimum Gasteiger partial charge on any atom is -0.466 e.